The molecule has 3 unspecified atom stereocenters. The van der Waals surface area contributed by atoms with Gasteiger partial charge >= 0.3 is 0 Å². The quantitative estimate of drug-likeness (QED) is 0.0485. The molecule has 0 bridgehead atoms. The predicted octanol–water partition coefficient (Wildman–Crippen LogP) is -2.56. The van der Waals surface area contributed by atoms with Crippen LogP contribution in [0.25, 0.3) is 0 Å². The highest BCUT2D eigenvalue weighted by Crippen LogP contribution is 2.06. The van der Waals surface area contributed by atoms with Gasteiger partial charge in [-0.25, -0.2) is 0 Å². The third kappa shape index (κ3) is 14.0. The number of primary amides is 1. The van der Waals surface area contributed by atoms with Gasteiger partial charge in [0.25, 0.3) is 0 Å². The lowest BCUT2D eigenvalue weighted by molar-refractivity contribution is -0.123. The monoisotopic (exact) mass is 429 g/mol. The number of aliphatic hydroxyl groups excluding tert-OH is 1. The number of carbonyl (C=O) groups is 2. The second-order valence-corrected chi connectivity index (χ2v) is 7.06. The van der Waals surface area contributed by atoms with Crippen LogP contribution in [-0.4, -0.2) is 73.1 Å². The van der Waals surface area contributed by atoms with Crippen LogP contribution >= 0.6 is 0 Å². The van der Waals surface area contributed by atoms with Crippen molar-refractivity contribution in [2.75, 3.05) is 26.3 Å². The average Bonchev–Trinajstić information content (AvgIpc) is 2.69. The molecule has 12 heteroatoms. The largest absolute Gasteiger partial charge is 0.388 e. The fourth-order valence-electron chi connectivity index (χ4n) is 2.68. The maximum atomic E-state index is 12.2. The maximum absolute atomic E-state index is 12.2. The summed E-state index contributed by atoms with van der Waals surface area (Å²) in [5.74, 6) is -0.457. The van der Waals surface area contributed by atoms with E-state index in [4.69, 9.17) is 28.3 Å². The molecule has 0 aromatic heterocycles. The van der Waals surface area contributed by atoms with Crippen LogP contribution in [0.3, 0.4) is 0 Å². The maximum Gasteiger partial charge on any atom is 0.234 e. The van der Waals surface area contributed by atoms with Gasteiger partial charge in [-0.3, -0.25) is 19.9 Å². The highest BCUT2D eigenvalue weighted by atomic mass is 16.3. The van der Waals surface area contributed by atoms with Gasteiger partial charge in [0.1, 0.15) is 6.23 Å². The van der Waals surface area contributed by atoms with Gasteiger partial charge in [-0.1, -0.05) is 0 Å². The van der Waals surface area contributed by atoms with E-state index in [0.717, 1.165) is 0 Å². The number of aliphatic imine (C=N–C) groups is 1. The molecule has 2 amide bonds. The van der Waals surface area contributed by atoms with Gasteiger partial charge in [-0.2, -0.15) is 0 Å². The topological polar surface area (TPSA) is 231 Å². The Hall–Kier alpha value is -2.12. The van der Waals surface area contributed by atoms with Crippen molar-refractivity contribution in [3.05, 3.63) is 0 Å². The lowest BCUT2D eigenvalue weighted by atomic mass is 10.1. The summed E-state index contributed by atoms with van der Waals surface area (Å²) in [4.78, 5) is 28.1. The summed E-state index contributed by atoms with van der Waals surface area (Å²) in [7, 11) is 0. The minimum Gasteiger partial charge on any atom is -0.388 e. The molecule has 0 saturated carbocycles. The molecule has 0 spiro atoms. The van der Waals surface area contributed by atoms with E-state index in [1.807, 2.05) is 0 Å². The van der Waals surface area contributed by atoms with Crippen molar-refractivity contribution in [2.45, 2.75) is 63.8 Å². The number of amidine groups is 1. The third-order valence-electron chi connectivity index (χ3n) is 4.37. The summed E-state index contributed by atoms with van der Waals surface area (Å²) < 4.78 is 0. The van der Waals surface area contributed by atoms with Crippen molar-refractivity contribution >= 4 is 23.4 Å². The summed E-state index contributed by atoms with van der Waals surface area (Å²) in [5, 5.41) is 26.7. The van der Waals surface area contributed by atoms with Crippen molar-refractivity contribution < 1.29 is 14.7 Å². The van der Waals surface area contributed by atoms with Gasteiger partial charge in [-0.05, 0) is 45.6 Å². The van der Waals surface area contributed by atoms with Gasteiger partial charge < -0.3 is 44.1 Å². The van der Waals surface area contributed by atoms with E-state index >= 15 is 0 Å². The van der Waals surface area contributed by atoms with Crippen molar-refractivity contribution in [1.29, 1.82) is 5.41 Å². The lowest BCUT2D eigenvalue weighted by Gasteiger charge is -2.28. The minimum atomic E-state index is -1.19. The molecule has 0 heterocycles. The minimum absolute atomic E-state index is 0.0866. The summed E-state index contributed by atoms with van der Waals surface area (Å²) >= 11 is 0. The molecule has 12 nitrogen and oxygen atoms in total. The fraction of sp³-hybridized carbons (Fsp3) is 0.778. The number of hydrogen-bond donors (Lipinski definition) is 9. The van der Waals surface area contributed by atoms with Gasteiger partial charge in [-0.15, -0.1) is 0 Å². The van der Waals surface area contributed by atoms with E-state index in [2.05, 4.69) is 20.9 Å². The summed E-state index contributed by atoms with van der Waals surface area (Å²) in [6.07, 6.45) is 1.16. The van der Waals surface area contributed by atoms with Crippen LogP contribution in [0.4, 0.5) is 0 Å². The molecule has 30 heavy (non-hydrogen) atoms. The van der Waals surface area contributed by atoms with E-state index < -0.39 is 24.2 Å². The van der Waals surface area contributed by atoms with Gasteiger partial charge in [0.2, 0.25) is 11.8 Å². The average molecular weight is 430 g/mol. The van der Waals surface area contributed by atoms with Gasteiger partial charge in [0.05, 0.1) is 17.9 Å². The number of aliphatic hydroxyl groups is 1. The van der Waals surface area contributed by atoms with Crippen LogP contribution in [0.15, 0.2) is 4.99 Å². The third-order valence-corrected chi connectivity index (χ3v) is 4.37. The van der Waals surface area contributed by atoms with E-state index in [1.54, 1.807) is 6.92 Å². The summed E-state index contributed by atoms with van der Waals surface area (Å²) in [6, 6.07) is -1.42. The molecular weight excluding hydrogens is 390 g/mol. The molecule has 0 aliphatic heterocycles. The highest BCUT2D eigenvalue weighted by Gasteiger charge is 2.25. The lowest BCUT2D eigenvalue weighted by Crippen LogP contribution is -2.55. The van der Waals surface area contributed by atoms with Crippen LogP contribution in [0.5, 0.6) is 0 Å². The van der Waals surface area contributed by atoms with Crippen molar-refractivity contribution in [1.82, 2.24) is 16.0 Å². The number of hydrogen-bond acceptors (Lipinski definition) is 9. The fourth-order valence-corrected chi connectivity index (χ4v) is 2.68. The van der Waals surface area contributed by atoms with Crippen molar-refractivity contribution in [3.63, 3.8) is 0 Å². The normalized spacial score (nSPS) is 14.7. The molecule has 0 aliphatic rings. The molecule has 0 aromatic carbocycles. The molecular formula is C18H39N9O3. The molecule has 0 aliphatic carbocycles. The zero-order valence-electron chi connectivity index (χ0n) is 17.8. The number of amides is 2. The predicted molar refractivity (Wildman–Crippen MR) is 118 cm³/mol. The Balaban J connectivity index is 4.91. The summed E-state index contributed by atoms with van der Waals surface area (Å²) in [6.45, 7) is 3.17. The standard InChI is InChI=1S/C18H39N9O3/c1-12(21)25-9-3-5-15(26-16(28)7-6-13(22)10-19)18(30)27-14(17(23)29)4-2-8-24-11-20/h14-15,18,22,24,27,30H,2-11,19-20H2,1H3,(H2,21,25)(H2,23,29)(H,26,28). The zero-order valence-corrected chi connectivity index (χ0v) is 17.8. The Morgan fingerprint density at radius 3 is 2.40 bits per heavy atom. The van der Waals surface area contributed by atoms with Crippen LogP contribution in [0.2, 0.25) is 0 Å². The molecule has 174 valence electrons. The van der Waals surface area contributed by atoms with E-state index in [-0.39, 0.29) is 31.0 Å². The first-order chi connectivity index (χ1) is 14.2. The second-order valence-electron chi connectivity index (χ2n) is 7.06. The highest BCUT2D eigenvalue weighted by molar-refractivity contribution is 5.87. The smallest absolute Gasteiger partial charge is 0.234 e. The first-order valence-corrected chi connectivity index (χ1v) is 10.2. The van der Waals surface area contributed by atoms with Crippen LogP contribution < -0.4 is 38.9 Å². The number of nitrogens with one attached hydrogen (secondary N) is 4. The van der Waals surface area contributed by atoms with E-state index in [9.17, 15) is 14.7 Å². The van der Waals surface area contributed by atoms with Gasteiger partial charge in [0, 0.05) is 31.9 Å². The number of nitrogens with zero attached hydrogens (tertiary/aromatic N) is 1. The molecule has 3 atom stereocenters. The van der Waals surface area contributed by atoms with E-state index in [1.165, 1.54) is 0 Å². The Morgan fingerprint density at radius 2 is 1.83 bits per heavy atom. The Kier molecular flexibility index (Phi) is 15.5. The van der Waals surface area contributed by atoms with Crippen molar-refractivity contribution in [3.8, 4) is 0 Å². The number of rotatable bonds is 18. The zero-order chi connectivity index (χ0) is 22.9. The van der Waals surface area contributed by atoms with E-state index in [0.29, 0.717) is 51.3 Å². The Bertz CT molecular complexity index is 553. The molecule has 13 N–H and O–H groups in total. The first-order valence-electron chi connectivity index (χ1n) is 10.2. The number of nitrogens with two attached hydrogens (primary N) is 4. The Labute approximate surface area is 178 Å². The Morgan fingerprint density at radius 1 is 1.13 bits per heavy atom. The van der Waals surface area contributed by atoms with Crippen LogP contribution in [0.1, 0.15) is 45.4 Å². The van der Waals surface area contributed by atoms with Crippen LogP contribution in [0, 0.1) is 5.41 Å². The molecule has 0 saturated heterocycles. The molecule has 0 fully saturated rings. The molecule has 0 rings (SSSR count). The molecule has 0 radical (unpaired) electrons. The van der Waals surface area contributed by atoms with Crippen molar-refractivity contribution in [2.24, 2.45) is 27.9 Å². The van der Waals surface area contributed by atoms with Gasteiger partial charge in [0.15, 0.2) is 0 Å². The SMILES string of the molecule is CC(N)=NCCCC(NC(=O)CCC(=N)CN)C(O)NC(CCCNCN)C(N)=O. The molecule has 0 aromatic rings. The summed E-state index contributed by atoms with van der Waals surface area (Å²) in [5.41, 5.74) is 22.0. The first kappa shape index (κ1) is 27.9. The van der Waals surface area contributed by atoms with Crippen LogP contribution in [-0.2, 0) is 9.59 Å². The second kappa shape index (κ2) is 16.7. The number of carbonyl (C=O) groups excluding carboxylic acids is 2.